The molecule has 0 bridgehead atoms. The molecule has 22 heavy (non-hydrogen) atoms. The smallest absolute Gasteiger partial charge is 0.225 e. The maximum atomic E-state index is 12.4. The monoisotopic (exact) mass is 300 g/mol. The predicted octanol–water partition coefficient (Wildman–Crippen LogP) is 2.95. The van der Waals surface area contributed by atoms with Crippen LogP contribution < -0.4 is 0 Å². The van der Waals surface area contributed by atoms with Crippen LogP contribution in [0.15, 0.2) is 30.3 Å². The zero-order chi connectivity index (χ0) is 15.2. The van der Waals surface area contributed by atoms with Gasteiger partial charge >= 0.3 is 0 Å². The van der Waals surface area contributed by atoms with Gasteiger partial charge in [-0.3, -0.25) is 4.79 Å². The Hall–Kier alpha value is -1.35. The molecule has 0 radical (unpaired) electrons. The van der Waals surface area contributed by atoms with E-state index < -0.39 is 0 Å². The molecule has 1 aromatic carbocycles. The highest BCUT2D eigenvalue weighted by atomic mass is 16.2. The zero-order valence-electron chi connectivity index (χ0n) is 13.5. The summed E-state index contributed by atoms with van der Waals surface area (Å²) < 4.78 is 0. The van der Waals surface area contributed by atoms with Gasteiger partial charge in [-0.05, 0) is 63.7 Å². The maximum absolute atomic E-state index is 12.4. The molecule has 3 nitrogen and oxygen atoms in total. The fraction of sp³-hybridized carbons (Fsp3) is 0.632. The lowest BCUT2D eigenvalue weighted by Gasteiger charge is -2.33. The van der Waals surface area contributed by atoms with E-state index >= 15 is 0 Å². The van der Waals surface area contributed by atoms with Crippen LogP contribution in [0.1, 0.15) is 37.7 Å². The van der Waals surface area contributed by atoms with Gasteiger partial charge in [0.05, 0.1) is 0 Å². The van der Waals surface area contributed by atoms with E-state index in [1.54, 1.807) is 0 Å². The summed E-state index contributed by atoms with van der Waals surface area (Å²) in [6, 6.07) is 10.7. The highest BCUT2D eigenvalue weighted by Gasteiger charge is 2.29. The molecule has 1 amide bonds. The minimum Gasteiger partial charge on any atom is -0.342 e. The van der Waals surface area contributed by atoms with E-state index in [1.165, 1.54) is 31.4 Å². The summed E-state index contributed by atoms with van der Waals surface area (Å²) in [6.07, 6.45) is 6.89. The minimum absolute atomic E-state index is 0.295. The number of benzene rings is 1. The van der Waals surface area contributed by atoms with Crippen LogP contribution in [0.25, 0.3) is 0 Å². The summed E-state index contributed by atoms with van der Waals surface area (Å²) in [5.41, 5.74) is 1.43. The van der Waals surface area contributed by atoms with Gasteiger partial charge in [0.25, 0.3) is 0 Å². The first-order chi connectivity index (χ1) is 10.8. The van der Waals surface area contributed by atoms with Crippen LogP contribution in [-0.4, -0.2) is 48.4 Å². The normalized spacial score (nSPS) is 20.5. The van der Waals surface area contributed by atoms with Crippen molar-refractivity contribution in [2.75, 3.05) is 32.7 Å². The summed E-state index contributed by atoms with van der Waals surface area (Å²) in [5, 5.41) is 0. The molecule has 1 aromatic rings. The second-order valence-corrected chi connectivity index (χ2v) is 6.74. The van der Waals surface area contributed by atoms with E-state index in [9.17, 15) is 4.79 Å². The van der Waals surface area contributed by atoms with E-state index in [-0.39, 0.29) is 0 Å². The number of carbonyl (C=O) groups is 1. The molecule has 120 valence electrons. The Morgan fingerprint density at radius 3 is 2.36 bits per heavy atom. The van der Waals surface area contributed by atoms with Gasteiger partial charge in [0, 0.05) is 19.0 Å². The SMILES string of the molecule is O=C(C1CCN(CCCc2ccccc2)CC1)N1CCCC1. The molecule has 2 heterocycles. The van der Waals surface area contributed by atoms with Crippen molar-refractivity contribution in [2.24, 2.45) is 5.92 Å². The van der Waals surface area contributed by atoms with E-state index in [1.807, 2.05) is 0 Å². The molecule has 0 atom stereocenters. The quantitative estimate of drug-likeness (QED) is 0.834. The van der Waals surface area contributed by atoms with Crippen molar-refractivity contribution in [3.63, 3.8) is 0 Å². The first kappa shape index (κ1) is 15.5. The number of amides is 1. The third kappa shape index (κ3) is 4.10. The molecule has 3 heteroatoms. The molecular formula is C19H28N2O. The molecule has 2 fully saturated rings. The molecule has 2 aliphatic heterocycles. The van der Waals surface area contributed by atoms with Crippen molar-refractivity contribution in [2.45, 2.75) is 38.5 Å². The lowest BCUT2D eigenvalue weighted by molar-refractivity contribution is -0.135. The van der Waals surface area contributed by atoms with Crippen LogP contribution in [0.5, 0.6) is 0 Å². The number of likely N-dealkylation sites (tertiary alicyclic amines) is 2. The first-order valence-corrected chi connectivity index (χ1v) is 8.88. The standard InChI is InChI=1S/C19H28N2O/c22-19(21-13-4-5-14-21)18-10-15-20(16-11-18)12-6-9-17-7-2-1-3-8-17/h1-3,7-8,18H,4-6,9-16H2. The molecule has 0 spiro atoms. The minimum atomic E-state index is 0.295. The van der Waals surface area contributed by atoms with E-state index in [0.29, 0.717) is 11.8 Å². The van der Waals surface area contributed by atoms with Gasteiger partial charge in [-0.1, -0.05) is 30.3 Å². The van der Waals surface area contributed by atoms with Crippen molar-refractivity contribution < 1.29 is 4.79 Å². The van der Waals surface area contributed by atoms with Crippen molar-refractivity contribution in [1.29, 1.82) is 0 Å². The summed E-state index contributed by atoms with van der Waals surface area (Å²) in [7, 11) is 0. The Morgan fingerprint density at radius 1 is 1.00 bits per heavy atom. The van der Waals surface area contributed by atoms with Crippen LogP contribution in [0, 0.1) is 5.92 Å². The number of nitrogens with zero attached hydrogens (tertiary/aromatic N) is 2. The largest absolute Gasteiger partial charge is 0.342 e. The molecule has 0 aliphatic carbocycles. The average Bonchev–Trinajstić information content (AvgIpc) is 3.10. The Balaban J connectivity index is 1.36. The maximum Gasteiger partial charge on any atom is 0.225 e. The molecule has 0 unspecified atom stereocenters. The number of rotatable bonds is 5. The molecule has 2 aliphatic rings. The van der Waals surface area contributed by atoms with Crippen molar-refractivity contribution >= 4 is 5.91 Å². The summed E-state index contributed by atoms with van der Waals surface area (Å²) >= 11 is 0. The van der Waals surface area contributed by atoms with Gasteiger partial charge in [-0.15, -0.1) is 0 Å². The topological polar surface area (TPSA) is 23.6 Å². The molecule has 3 rings (SSSR count). The predicted molar refractivity (Wildman–Crippen MR) is 89.7 cm³/mol. The lowest BCUT2D eigenvalue weighted by Crippen LogP contribution is -2.41. The van der Waals surface area contributed by atoms with Crippen LogP contribution in [0.3, 0.4) is 0 Å². The number of piperidine rings is 1. The van der Waals surface area contributed by atoms with Crippen molar-refractivity contribution in [3.8, 4) is 0 Å². The van der Waals surface area contributed by atoms with E-state index in [0.717, 1.165) is 45.4 Å². The van der Waals surface area contributed by atoms with Gasteiger partial charge in [-0.25, -0.2) is 0 Å². The Kier molecular flexibility index (Phi) is 5.49. The fourth-order valence-corrected chi connectivity index (χ4v) is 3.75. The number of aryl methyl sites for hydroxylation is 1. The van der Waals surface area contributed by atoms with Crippen LogP contribution in [-0.2, 0) is 11.2 Å². The molecular weight excluding hydrogens is 272 g/mol. The van der Waals surface area contributed by atoms with Gasteiger partial charge in [0.15, 0.2) is 0 Å². The van der Waals surface area contributed by atoms with Crippen LogP contribution in [0.2, 0.25) is 0 Å². The van der Waals surface area contributed by atoms with Gasteiger partial charge < -0.3 is 9.80 Å². The van der Waals surface area contributed by atoms with E-state index in [4.69, 9.17) is 0 Å². The highest BCUT2D eigenvalue weighted by Crippen LogP contribution is 2.22. The van der Waals surface area contributed by atoms with Crippen molar-refractivity contribution in [1.82, 2.24) is 9.80 Å². The molecule has 0 N–H and O–H groups in total. The Morgan fingerprint density at radius 2 is 1.68 bits per heavy atom. The molecule has 0 aromatic heterocycles. The molecule has 0 saturated carbocycles. The van der Waals surface area contributed by atoms with Crippen molar-refractivity contribution in [3.05, 3.63) is 35.9 Å². The summed E-state index contributed by atoms with van der Waals surface area (Å²) in [4.78, 5) is 17.0. The summed E-state index contributed by atoms with van der Waals surface area (Å²) in [5.74, 6) is 0.727. The van der Waals surface area contributed by atoms with Crippen LogP contribution in [0.4, 0.5) is 0 Å². The Labute approximate surface area is 134 Å². The fourth-order valence-electron chi connectivity index (χ4n) is 3.75. The summed E-state index contributed by atoms with van der Waals surface area (Å²) in [6.45, 7) is 5.35. The third-order valence-corrected chi connectivity index (χ3v) is 5.14. The second-order valence-electron chi connectivity index (χ2n) is 6.74. The van der Waals surface area contributed by atoms with Gasteiger partial charge in [0.2, 0.25) is 5.91 Å². The van der Waals surface area contributed by atoms with Gasteiger partial charge in [-0.2, -0.15) is 0 Å². The van der Waals surface area contributed by atoms with E-state index in [2.05, 4.69) is 40.1 Å². The second kappa shape index (κ2) is 7.77. The first-order valence-electron chi connectivity index (χ1n) is 8.88. The zero-order valence-corrected chi connectivity index (χ0v) is 13.5. The number of carbonyl (C=O) groups excluding carboxylic acids is 1. The van der Waals surface area contributed by atoms with Crippen LogP contribution >= 0.6 is 0 Å². The average molecular weight is 300 g/mol. The number of hydrogen-bond acceptors (Lipinski definition) is 2. The molecule has 2 saturated heterocycles. The van der Waals surface area contributed by atoms with Gasteiger partial charge in [0.1, 0.15) is 0 Å². The third-order valence-electron chi connectivity index (χ3n) is 5.14. The lowest BCUT2D eigenvalue weighted by atomic mass is 9.95. The Bertz CT molecular complexity index is 460. The highest BCUT2D eigenvalue weighted by molar-refractivity contribution is 5.79. The number of hydrogen-bond donors (Lipinski definition) is 0.